The molecule has 0 unspecified atom stereocenters. The van der Waals surface area contributed by atoms with E-state index in [9.17, 15) is 0 Å². The van der Waals surface area contributed by atoms with E-state index in [4.69, 9.17) is 14.7 Å². The molecule has 2 rings (SSSR count). The Hall–Kier alpha value is -1.00. The summed E-state index contributed by atoms with van der Waals surface area (Å²) in [4.78, 5) is 9.60. The Bertz CT molecular complexity index is 444. The van der Waals surface area contributed by atoms with Gasteiger partial charge in [-0.2, -0.15) is 0 Å². The molecule has 0 amide bonds. The van der Waals surface area contributed by atoms with E-state index in [1.165, 1.54) is 18.4 Å². The van der Waals surface area contributed by atoms with Crippen LogP contribution < -0.4 is 5.32 Å². The first-order valence-corrected chi connectivity index (χ1v) is 8.23. The highest BCUT2D eigenvalue weighted by molar-refractivity contribution is 5.26. The van der Waals surface area contributed by atoms with Crippen molar-refractivity contribution < 1.29 is 4.74 Å². The van der Waals surface area contributed by atoms with Gasteiger partial charge in [-0.05, 0) is 71.0 Å². The smallest absolute Gasteiger partial charge is 0.160 e. The second-order valence-corrected chi connectivity index (χ2v) is 6.06. The molecular weight excluding hydrogens is 262 g/mol. The van der Waals surface area contributed by atoms with Crippen molar-refractivity contribution in [1.29, 1.82) is 0 Å². The quantitative estimate of drug-likeness (QED) is 0.784. The second kappa shape index (κ2) is 7.32. The summed E-state index contributed by atoms with van der Waals surface area (Å²) in [7, 11) is 1.80. The van der Waals surface area contributed by atoms with Crippen molar-refractivity contribution in [2.24, 2.45) is 0 Å². The lowest BCUT2D eigenvalue weighted by Gasteiger charge is -2.27. The molecule has 1 N–H and O–H groups in total. The molecule has 1 aromatic heterocycles. The van der Waals surface area contributed by atoms with E-state index >= 15 is 0 Å². The molecule has 1 saturated carbocycles. The molecule has 0 saturated heterocycles. The number of nitrogens with one attached hydrogen (secondary N) is 1. The van der Waals surface area contributed by atoms with Gasteiger partial charge >= 0.3 is 0 Å². The average molecular weight is 291 g/mol. The SMILES string of the molecule is CCNCCCc1c(C)nc(C2(OC)CCCC2)nc1C. The summed E-state index contributed by atoms with van der Waals surface area (Å²) in [5.41, 5.74) is 3.31. The van der Waals surface area contributed by atoms with Crippen LogP contribution in [0.2, 0.25) is 0 Å². The Morgan fingerprint density at radius 3 is 2.29 bits per heavy atom. The Kier molecular flexibility index (Phi) is 5.71. The monoisotopic (exact) mass is 291 g/mol. The first-order valence-electron chi connectivity index (χ1n) is 8.23. The van der Waals surface area contributed by atoms with Gasteiger partial charge in [0.25, 0.3) is 0 Å². The van der Waals surface area contributed by atoms with E-state index in [2.05, 4.69) is 26.1 Å². The van der Waals surface area contributed by atoms with Crippen LogP contribution in [0.4, 0.5) is 0 Å². The predicted octanol–water partition coefficient (Wildman–Crippen LogP) is 3.05. The molecule has 21 heavy (non-hydrogen) atoms. The molecule has 1 aromatic rings. The van der Waals surface area contributed by atoms with Gasteiger partial charge in [0.15, 0.2) is 5.82 Å². The fourth-order valence-electron chi connectivity index (χ4n) is 3.34. The van der Waals surface area contributed by atoms with E-state index < -0.39 is 0 Å². The number of hydrogen-bond donors (Lipinski definition) is 1. The topological polar surface area (TPSA) is 47.0 Å². The Morgan fingerprint density at radius 2 is 1.76 bits per heavy atom. The Morgan fingerprint density at radius 1 is 1.14 bits per heavy atom. The first kappa shape index (κ1) is 16.4. The summed E-state index contributed by atoms with van der Waals surface area (Å²) in [5, 5.41) is 3.37. The van der Waals surface area contributed by atoms with Gasteiger partial charge in [0.1, 0.15) is 5.60 Å². The van der Waals surface area contributed by atoms with Gasteiger partial charge < -0.3 is 10.1 Å². The molecule has 0 bridgehead atoms. The van der Waals surface area contributed by atoms with Gasteiger partial charge in [-0.3, -0.25) is 0 Å². The lowest BCUT2D eigenvalue weighted by atomic mass is 9.99. The van der Waals surface area contributed by atoms with Gasteiger partial charge in [0, 0.05) is 18.5 Å². The fraction of sp³-hybridized carbons (Fsp3) is 0.765. The van der Waals surface area contributed by atoms with Crippen LogP contribution in [0.25, 0.3) is 0 Å². The highest BCUT2D eigenvalue weighted by Crippen LogP contribution is 2.40. The lowest BCUT2D eigenvalue weighted by Crippen LogP contribution is -2.28. The zero-order valence-corrected chi connectivity index (χ0v) is 14.0. The van der Waals surface area contributed by atoms with Crippen LogP contribution in [-0.2, 0) is 16.8 Å². The van der Waals surface area contributed by atoms with Crippen LogP contribution in [0.5, 0.6) is 0 Å². The highest BCUT2D eigenvalue weighted by atomic mass is 16.5. The van der Waals surface area contributed by atoms with Crippen LogP contribution in [0, 0.1) is 13.8 Å². The molecular formula is C17H29N3O. The van der Waals surface area contributed by atoms with Crippen molar-refractivity contribution in [2.45, 2.75) is 64.9 Å². The minimum Gasteiger partial charge on any atom is -0.370 e. The van der Waals surface area contributed by atoms with Crippen LogP contribution >= 0.6 is 0 Å². The van der Waals surface area contributed by atoms with Crippen LogP contribution in [-0.4, -0.2) is 30.2 Å². The summed E-state index contributed by atoms with van der Waals surface area (Å²) < 4.78 is 5.81. The molecule has 0 spiro atoms. The van der Waals surface area contributed by atoms with Crippen LogP contribution in [0.15, 0.2) is 0 Å². The van der Waals surface area contributed by atoms with Crippen LogP contribution in [0.3, 0.4) is 0 Å². The van der Waals surface area contributed by atoms with Crippen molar-refractivity contribution in [2.75, 3.05) is 20.2 Å². The van der Waals surface area contributed by atoms with E-state index in [1.807, 2.05) is 0 Å². The van der Waals surface area contributed by atoms with Crippen molar-refractivity contribution in [1.82, 2.24) is 15.3 Å². The normalized spacial score (nSPS) is 17.3. The minimum atomic E-state index is -0.238. The maximum Gasteiger partial charge on any atom is 0.160 e. The van der Waals surface area contributed by atoms with Crippen molar-refractivity contribution in [3.8, 4) is 0 Å². The summed E-state index contributed by atoms with van der Waals surface area (Å²) in [5.74, 6) is 0.896. The number of ether oxygens (including phenoxy) is 1. The highest BCUT2D eigenvalue weighted by Gasteiger charge is 2.38. The summed E-state index contributed by atoms with van der Waals surface area (Å²) in [6, 6.07) is 0. The zero-order valence-electron chi connectivity index (χ0n) is 14.0. The second-order valence-electron chi connectivity index (χ2n) is 6.06. The lowest BCUT2D eigenvalue weighted by molar-refractivity contribution is -0.0166. The average Bonchev–Trinajstić information content (AvgIpc) is 2.95. The van der Waals surface area contributed by atoms with E-state index in [-0.39, 0.29) is 5.60 Å². The Balaban J connectivity index is 2.16. The van der Waals surface area contributed by atoms with E-state index in [0.717, 1.165) is 56.0 Å². The number of rotatable bonds is 7. The third-order valence-corrected chi connectivity index (χ3v) is 4.66. The maximum absolute atomic E-state index is 5.81. The van der Waals surface area contributed by atoms with Crippen molar-refractivity contribution in [3.63, 3.8) is 0 Å². The van der Waals surface area contributed by atoms with Gasteiger partial charge in [0.05, 0.1) is 0 Å². The Labute approximate surface area is 128 Å². The number of aromatic nitrogens is 2. The van der Waals surface area contributed by atoms with Gasteiger partial charge in [-0.25, -0.2) is 9.97 Å². The molecule has 1 heterocycles. The van der Waals surface area contributed by atoms with E-state index in [0.29, 0.717) is 0 Å². The van der Waals surface area contributed by atoms with Gasteiger partial charge in [0.2, 0.25) is 0 Å². The predicted molar refractivity (Wildman–Crippen MR) is 85.5 cm³/mol. The number of methoxy groups -OCH3 is 1. The largest absolute Gasteiger partial charge is 0.370 e. The number of aryl methyl sites for hydroxylation is 2. The van der Waals surface area contributed by atoms with Gasteiger partial charge in [-0.15, -0.1) is 0 Å². The molecule has 0 aromatic carbocycles. The number of hydrogen-bond acceptors (Lipinski definition) is 4. The number of nitrogens with zero attached hydrogens (tertiary/aromatic N) is 2. The minimum absolute atomic E-state index is 0.238. The molecule has 4 nitrogen and oxygen atoms in total. The van der Waals surface area contributed by atoms with Crippen LogP contribution in [0.1, 0.15) is 61.8 Å². The molecule has 1 aliphatic carbocycles. The molecule has 0 radical (unpaired) electrons. The molecule has 1 fully saturated rings. The fourth-order valence-corrected chi connectivity index (χ4v) is 3.34. The first-order chi connectivity index (χ1) is 10.1. The van der Waals surface area contributed by atoms with Gasteiger partial charge in [-0.1, -0.05) is 6.92 Å². The summed E-state index contributed by atoms with van der Waals surface area (Å²) in [6.45, 7) is 8.45. The van der Waals surface area contributed by atoms with Crippen molar-refractivity contribution in [3.05, 3.63) is 22.8 Å². The third-order valence-electron chi connectivity index (χ3n) is 4.66. The standard InChI is InChI=1S/C17H29N3O/c1-5-18-12-8-9-15-13(2)19-16(20-14(15)3)17(21-4)10-6-7-11-17/h18H,5-12H2,1-4H3. The van der Waals surface area contributed by atoms with E-state index in [1.54, 1.807) is 7.11 Å². The molecule has 4 heteroatoms. The van der Waals surface area contributed by atoms with Crippen molar-refractivity contribution >= 4 is 0 Å². The molecule has 1 aliphatic rings. The summed E-state index contributed by atoms with van der Waals surface area (Å²) in [6.07, 6.45) is 6.68. The zero-order chi connectivity index (χ0) is 15.3. The molecule has 118 valence electrons. The maximum atomic E-state index is 5.81. The third kappa shape index (κ3) is 3.61. The molecule has 0 atom stereocenters. The molecule has 0 aliphatic heterocycles. The summed E-state index contributed by atoms with van der Waals surface area (Å²) >= 11 is 0.